The van der Waals surface area contributed by atoms with Gasteiger partial charge in [0.15, 0.2) is 11.1 Å². The van der Waals surface area contributed by atoms with Gasteiger partial charge in [-0.2, -0.15) is 0 Å². The van der Waals surface area contributed by atoms with Gasteiger partial charge in [0.05, 0.1) is 4.90 Å². The Morgan fingerprint density at radius 2 is 2.00 bits per heavy atom. The predicted molar refractivity (Wildman–Crippen MR) is 56.3 cm³/mol. The fraction of sp³-hybridized carbons (Fsp3) is 0. The molecule has 76 valence electrons. The molecule has 0 amide bonds. The molecule has 5 heteroatoms. The van der Waals surface area contributed by atoms with Crippen molar-refractivity contribution in [2.75, 3.05) is 0 Å². The second kappa shape index (κ2) is 3.52. The summed E-state index contributed by atoms with van der Waals surface area (Å²) in [7, 11) is 0. The second-order valence-corrected chi connectivity index (χ2v) is 3.98. The largest absolute Gasteiger partial charge is 0.302 e. The van der Waals surface area contributed by atoms with E-state index in [2.05, 4.69) is 0 Å². The van der Waals surface area contributed by atoms with Gasteiger partial charge in [0.2, 0.25) is 5.78 Å². The van der Waals surface area contributed by atoms with Crippen LogP contribution in [0.25, 0.3) is 6.08 Å². The number of rotatable bonds is 1. The van der Waals surface area contributed by atoms with Gasteiger partial charge in [0.1, 0.15) is 5.71 Å². The fourth-order valence-corrected chi connectivity index (χ4v) is 2.02. The van der Waals surface area contributed by atoms with Crippen LogP contribution in [-0.4, -0.2) is 20.3 Å². The summed E-state index contributed by atoms with van der Waals surface area (Å²) in [5.74, 6) is -0.386. The van der Waals surface area contributed by atoms with Gasteiger partial charge in [0.25, 0.3) is 0 Å². The zero-order valence-corrected chi connectivity index (χ0v) is 8.38. The van der Waals surface area contributed by atoms with Crippen molar-refractivity contribution in [1.29, 1.82) is 5.41 Å². The summed E-state index contributed by atoms with van der Waals surface area (Å²) in [6, 6.07) is 4.65. The maximum atomic E-state index is 11.2. The lowest BCUT2D eigenvalue weighted by atomic mass is 9.95. The SMILES string of the molecule is N=C1C(=O)C=Cc2c1cccc2S(=O)O. The van der Waals surface area contributed by atoms with Crippen LogP contribution in [0.4, 0.5) is 0 Å². The first-order chi connectivity index (χ1) is 7.11. The number of carbonyl (C=O) groups is 1. The molecule has 1 aliphatic carbocycles. The van der Waals surface area contributed by atoms with Crippen molar-refractivity contribution in [2.24, 2.45) is 0 Å². The van der Waals surface area contributed by atoms with Gasteiger partial charge in [-0.1, -0.05) is 12.1 Å². The van der Waals surface area contributed by atoms with Crippen LogP contribution in [0, 0.1) is 5.41 Å². The van der Waals surface area contributed by atoms with Gasteiger partial charge in [0, 0.05) is 11.1 Å². The Kier molecular flexibility index (Phi) is 2.34. The molecule has 0 saturated heterocycles. The molecule has 2 rings (SSSR count). The van der Waals surface area contributed by atoms with Crippen LogP contribution in [0.5, 0.6) is 0 Å². The Morgan fingerprint density at radius 3 is 2.67 bits per heavy atom. The van der Waals surface area contributed by atoms with Crippen molar-refractivity contribution in [1.82, 2.24) is 0 Å². The second-order valence-electron chi connectivity index (χ2n) is 3.04. The number of hydrogen-bond acceptors (Lipinski definition) is 3. The summed E-state index contributed by atoms with van der Waals surface area (Å²) < 4.78 is 20.0. The highest BCUT2D eigenvalue weighted by molar-refractivity contribution is 7.79. The molecule has 0 bridgehead atoms. The van der Waals surface area contributed by atoms with E-state index in [1.54, 1.807) is 12.1 Å². The van der Waals surface area contributed by atoms with Gasteiger partial charge in [-0.3, -0.25) is 10.2 Å². The van der Waals surface area contributed by atoms with E-state index in [0.29, 0.717) is 11.1 Å². The summed E-state index contributed by atoms with van der Waals surface area (Å²) in [6.45, 7) is 0. The summed E-state index contributed by atoms with van der Waals surface area (Å²) >= 11 is -2.10. The molecule has 0 radical (unpaired) electrons. The Balaban J connectivity index is 2.72. The molecule has 0 heterocycles. The number of ketones is 1. The highest BCUT2D eigenvalue weighted by Crippen LogP contribution is 2.23. The average Bonchev–Trinajstić information content (AvgIpc) is 2.23. The van der Waals surface area contributed by atoms with Crippen LogP contribution in [0.15, 0.2) is 29.2 Å². The van der Waals surface area contributed by atoms with E-state index >= 15 is 0 Å². The lowest BCUT2D eigenvalue weighted by Crippen LogP contribution is -2.17. The quantitative estimate of drug-likeness (QED) is 0.700. The lowest BCUT2D eigenvalue weighted by Gasteiger charge is -2.12. The van der Waals surface area contributed by atoms with Crippen LogP contribution in [0.1, 0.15) is 11.1 Å². The molecule has 0 fully saturated rings. The standard InChI is InChI=1S/C10H7NO3S/c11-10-7-2-1-3-9(15(13)14)6(7)4-5-8(10)12/h1-5,11H,(H,13,14). The molecule has 0 aliphatic heterocycles. The van der Waals surface area contributed by atoms with Crippen LogP contribution in [0.3, 0.4) is 0 Å². The molecule has 2 N–H and O–H groups in total. The van der Waals surface area contributed by atoms with Crippen LogP contribution >= 0.6 is 0 Å². The Morgan fingerprint density at radius 1 is 1.27 bits per heavy atom. The minimum Gasteiger partial charge on any atom is -0.302 e. The predicted octanol–water partition coefficient (Wildman–Crippen LogP) is 1.23. The molecule has 1 atom stereocenters. The minimum absolute atomic E-state index is 0.139. The Bertz CT molecular complexity index is 519. The lowest BCUT2D eigenvalue weighted by molar-refractivity contribution is -0.108. The normalized spacial score (nSPS) is 16.3. The van der Waals surface area contributed by atoms with E-state index in [9.17, 15) is 9.00 Å². The van der Waals surface area contributed by atoms with Crippen molar-refractivity contribution in [3.63, 3.8) is 0 Å². The monoisotopic (exact) mass is 221 g/mol. The molecule has 15 heavy (non-hydrogen) atoms. The summed E-state index contributed by atoms with van der Waals surface area (Å²) in [4.78, 5) is 11.4. The van der Waals surface area contributed by atoms with Crippen LogP contribution < -0.4 is 0 Å². The third-order valence-electron chi connectivity index (χ3n) is 2.17. The van der Waals surface area contributed by atoms with Crippen molar-refractivity contribution < 1.29 is 13.6 Å². The van der Waals surface area contributed by atoms with E-state index in [1.165, 1.54) is 18.2 Å². The van der Waals surface area contributed by atoms with E-state index in [1.807, 2.05) is 0 Å². The van der Waals surface area contributed by atoms with Crippen LogP contribution in [0.2, 0.25) is 0 Å². The molecule has 1 aliphatic rings. The van der Waals surface area contributed by atoms with Crippen molar-refractivity contribution in [3.8, 4) is 0 Å². The molecule has 1 aromatic carbocycles. The fourth-order valence-electron chi connectivity index (χ4n) is 1.46. The third kappa shape index (κ3) is 1.55. The molecule has 0 aromatic heterocycles. The molecule has 0 saturated carbocycles. The molecule has 4 nitrogen and oxygen atoms in total. The highest BCUT2D eigenvalue weighted by Gasteiger charge is 2.20. The minimum atomic E-state index is -2.10. The number of fused-ring (bicyclic) bond motifs is 1. The van der Waals surface area contributed by atoms with E-state index in [-0.39, 0.29) is 16.4 Å². The van der Waals surface area contributed by atoms with E-state index in [4.69, 9.17) is 9.96 Å². The van der Waals surface area contributed by atoms with Crippen molar-refractivity contribution in [2.45, 2.75) is 4.90 Å². The molecule has 1 unspecified atom stereocenters. The molecular formula is C10H7NO3S. The Hall–Kier alpha value is -1.59. The van der Waals surface area contributed by atoms with Gasteiger partial charge in [-0.05, 0) is 18.2 Å². The topological polar surface area (TPSA) is 78.2 Å². The maximum absolute atomic E-state index is 11.2. The number of hydrogen-bond donors (Lipinski definition) is 2. The van der Waals surface area contributed by atoms with Gasteiger partial charge in [-0.25, -0.2) is 4.21 Å². The third-order valence-corrected chi connectivity index (χ3v) is 2.90. The summed E-state index contributed by atoms with van der Waals surface area (Å²) in [5, 5.41) is 7.53. The molecular weight excluding hydrogens is 214 g/mol. The number of nitrogens with one attached hydrogen (secondary N) is 1. The van der Waals surface area contributed by atoms with Gasteiger partial charge < -0.3 is 4.55 Å². The summed E-state index contributed by atoms with van der Waals surface area (Å²) in [5.41, 5.74) is 0.741. The molecule has 0 spiro atoms. The first-order valence-corrected chi connectivity index (χ1v) is 5.27. The zero-order valence-electron chi connectivity index (χ0n) is 7.56. The smallest absolute Gasteiger partial charge is 0.204 e. The highest BCUT2D eigenvalue weighted by atomic mass is 32.2. The Labute approximate surface area is 88.4 Å². The average molecular weight is 221 g/mol. The number of carbonyl (C=O) groups excluding carboxylic acids is 1. The zero-order chi connectivity index (χ0) is 11.0. The van der Waals surface area contributed by atoms with Gasteiger partial charge >= 0.3 is 0 Å². The number of benzene rings is 1. The van der Waals surface area contributed by atoms with Crippen molar-refractivity contribution in [3.05, 3.63) is 35.4 Å². The summed E-state index contributed by atoms with van der Waals surface area (Å²) in [6.07, 6.45) is 2.71. The van der Waals surface area contributed by atoms with E-state index < -0.39 is 11.1 Å². The van der Waals surface area contributed by atoms with Crippen LogP contribution in [-0.2, 0) is 15.9 Å². The van der Waals surface area contributed by atoms with Crippen molar-refractivity contribution >= 4 is 28.7 Å². The van der Waals surface area contributed by atoms with Gasteiger partial charge in [-0.15, -0.1) is 0 Å². The number of allylic oxidation sites excluding steroid dienone is 1. The van der Waals surface area contributed by atoms with E-state index in [0.717, 1.165) is 0 Å². The molecule has 1 aromatic rings. The first-order valence-electron chi connectivity index (χ1n) is 4.16. The maximum Gasteiger partial charge on any atom is 0.204 e. The first kappa shape index (κ1) is 9.95.